The maximum Gasteiger partial charge on any atom is 0.303 e. The van der Waals surface area contributed by atoms with E-state index in [1.54, 1.807) is 4.90 Å². The molecule has 1 saturated heterocycles. The van der Waals surface area contributed by atoms with Crippen molar-refractivity contribution in [3.8, 4) is 5.75 Å². The summed E-state index contributed by atoms with van der Waals surface area (Å²) in [5.41, 5.74) is 0. The second kappa shape index (κ2) is 7.67. The van der Waals surface area contributed by atoms with E-state index in [0.717, 1.165) is 25.1 Å². The van der Waals surface area contributed by atoms with Crippen molar-refractivity contribution in [3.05, 3.63) is 30.3 Å². The molecular formula is C16H21NO4. The van der Waals surface area contributed by atoms with Crippen LogP contribution in [0.3, 0.4) is 0 Å². The van der Waals surface area contributed by atoms with Gasteiger partial charge in [0.25, 0.3) is 0 Å². The van der Waals surface area contributed by atoms with Gasteiger partial charge in [0.1, 0.15) is 5.75 Å². The largest absolute Gasteiger partial charge is 0.493 e. The van der Waals surface area contributed by atoms with Crippen molar-refractivity contribution in [2.75, 3.05) is 19.7 Å². The monoisotopic (exact) mass is 291 g/mol. The second-order valence-electron chi connectivity index (χ2n) is 5.36. The van der Waals surface area contributed by atoms with Crippen LogP contribution in [-0.2, 0) is 9.59 Å². The van der Waals surface area contributed by atoms with E-state index in [0.29, 0.717) is 19.6 Å². The van der Waals surface area contributed by atoms with Crippen molar-refractivity contribution in [2.45, 2.75) is 25.7 Å². The molecule has 1 aliphatic heterocycles. The van der Waals surface area contributed by atoms with Gasteiger partial charge in [-0.1, -0.05) is 18.2 Å². The quantitative estimate of drug-likeness (QED) is 0.872. The number of para-hydroxylation sites is 1. The van der Waals surface area contributed by atoms with Gasteiger partial charge in [-0.3, -0.25) is 9.59 Å². The van der Waals surface area contributed by atoms with Gasteiger partial charge in [0.2, 0.25) is 5.91 Å². The predicted molar refractivity (Wildman–Crippen MR) is 78.1 cm³/mol. The predicted octanol–water partition coefficient (Wildman–Crippen LogP) is 2.17. The fraction of sp³-hybridized carbons (Fsp3) is 0.500. The molecule has 1 N–H and O–H groups in total. The smallest absolute Gasteiger partial charge is 0.303 e. The Hall–Kier alpha value is -2.04. The van der Waals surface area contributed by atoms with Crippen LogP contribution in [0.1, 0.15) is 25.7 Å². The molecule has 114 valence electrons. The van der Waals surface area contributed by atoms with Gasteiger partial charge in [-0.15, -0.1) is 0 Å². The molecule has 0 aliphatic carbocycles. The summed E-state index contributed by atoms with van der Waals surface area (Å²) >= 11 is 0. The summed E-state index contributed by atoms with van der Waals surface area (Å²) in [7, 11) is 0. The minimum Gasteiger partial charge on any atom is -0.493 e. The molecule has 1 aromatic carbocycles. The standard InChI is InChI=1S/C16H21NO4/c18-15(8-10-21-14-6-2-1-3-7-14)17-9-4-5-13(12-17)11-16(19)20/h1-3,6-7,13H,4-5,8-12H2,(H,19,20). The molecule has 1 aromatic rings. The van der Waals surface area contributed by atoms with E-state index in [4.69, 9.17) is 9.84 Å². The third-order valence-corrected chi connectivity index (χ3v) is 3.66. The van der Waals surface area contributed by atoms with Crippen LogP contribution in [0.25, 0.3) is 0 Å². The summed E-state index contributed by atoms with van der Waals surface area (Å²) in [5, 5.41) is 8.83. The van der Waals surface area contributed by atoms with Gasteiger partial charge in [-0.2, -0.15) is 0 Å². The molecule has 0 radical (unpaired) electrons. The number of likely N-dealkylation sites (tertiary alicyclic amines) is 1. The number of amides is 1. The SMILES string of the molecule is O=C(O)CC1CCCN(C(=O)CCOc2ccccc2)C1. The first-order valence-corrected chi connectivity index (χ1v) is 7.32. The molecule has 0 spiro atoms. The molecule has 2 rings (SSSR count). The Bertz CT molecular complexity index is 474. The fourth-order valence-electron chi connectivity index (χ4n) is 2.64. The van der Waals surface area contributed by atoms with E-state index in [-0.39, 0.29) is 18.2 Å². The molecule has 1 aliphatic rings. The van der Waals surface area contributed by atoms with Crippen LogP contribution in [0.4, 0.5) is 0 Å². The van der Waals surface area contributed by atoms with Crippen LogP contribution in [0, 0.1) is 5.92 Å². The molecule has 5 heteroatoms. The second-order valence-corrected chi connectivity index (χ2v) is 5.36. The van der Waals surface area contributed by atoms with Gasteiger partial charge < -0.3 is 14.7 Å². The lowest BCUT2D eigenvalue weighted by Gasteiger charge is -2.32. The number of hydrogen-bond acceptors (Lipinski definition) is 3. The van der Waals surface area contributed by atoms with Crippen molar-refractivity contribution in [2.24, 2.45) is 5.92 Å². The molecule has 0 bridgehead atoms. The van der Waals surface area contributed by atoms with Gasteiger partial charge in [-0.05, 0) is 30.9 Å². The Morgan fingerprint density at radius 3 is 2.76 bits per heavy atom. The summed E-state index contributed by atoms with van der Waals surface area (Å²) in [5.74, 6) is 0.0886. The highest BCUT2D eigenvalue weighted by Gasteiger charge is 2.24. The maximum atomic E-state index is 12.1. The number of ether oxygens (including phenoxy) is 1. The van der Waals surface area contributed by atoms with E-state index in [9.17, 15) is 9.59 Å². The maximum absolute atomic E-state index is 12.1. The number of carboxylic acid groups (broad SMARTS) is 1. The first-order chi connectivity index (χ1) is 10.1. The third-order valence-electron chi connectivity index (χ3n) is 3.66. The van der Waals surface area contributed by atoms with Gasteiger partial charge in [0, 0.05) is 19.5 Å². The van der Waals surface area contributed by atoms with Crippen molar-refractivity contribution in [3.63, 3.8) is 0 Å². The lowest BCUT2D eigenvalue weighted by molar-refractivity contribution is -0.140. The molecule has 1 unspecified atom stereocenters. The highest BCUT2D eigenvalue weighted by Crippen LogP contribution is 2.20. The summed E-state index contributed by atoms with van der Waals surface area (Å²) in [6.07, 6.45) is 2.23. The van der Waals surface area contributed by atoms with E-state index < -0.39 is 5.97 Å². The van der Waals surface area contributed by atoms with E-state index in [2.05, 4.69) is 0 Å². The average Bonchev–Trinajstić information content (AvgIpc) is 2.48. The number of carboxylic acids is 1. The molecule has 1 atom stereocenters. The Morgan fingerprint density at radius 2 is 2.05 bits per heavy atom. The first kappa shape index (κ1) is 15.4. The number of piperidine rings is 1. The van der Waals surface area contributed by atoms with Crippen LogP contribution in [0.2, 0.25) is 0 Å². The molecule has 0 saturated carbocycles. The van der Waals surface area contributed by atoms with E-state index in [1.807, 2.05) is 30.3 Å². The van der Waals surface area contributed by atoms with Crippen molar-refractivity contribution in [1.29, 1.82) is 0 Å². The number of carbonyl (C=O) groups excluding carboxylic acids is 1. The number of carbonyl (C=O) groups is 2. The van der Waals surface area contributed by atoms with Crippen LogP contribution < -0.4 is 4.74 Å². The Kier molecular flexibility index (Phi) is 5.60. The summed E-state index contributed by atoms with van der Waals surface area (Å²) in [6, 6.07) is 9.40. The fourth-order valence-corrected chi connectivity index (χ4v) is 2.64. The van der Waals surface area contributed by atoms with E-state index >= 15 is 0 Å². The summed E-state index contributed by atoms with van der Waals surface area (Å²) in [4.78, 5) is 24.6. The van der Waals surface area contributed by atoms with Gasteiger partial charge in [0.05, 0.1) is 13.0 Å². The van der Waals surface area contributed by atoms with Crippen LogP contribution in [0.5, 0.6) is 5.75 Å². The highest BCUT2D eigenvalue weighted by molar-refractivity contribution is 5.76. The summed E-state index contributed by atoms with van der Waals surface area (Å²) < 4.78 is 5.52. The molecule has 1 amide bonds. The van der Waals surface area contributed by atoms with Gasteiger partial charge >= 0.3 is 5.97 Å². The number of aliphatic carboxylic acids is 1. The third kappa shape index (κ3) is 5.10. The normalized spacial score (nSPS) is 18.3. The number of benzene rings is 1. The van der Waals surface area contributed by atoms with Crippen molar-refractivity contribution in [1.82, 2.24) is 4.90 Å². The minimum absolute atomic E-state index is 0.0426. The lowest BCUT2D eigenvalue weighted by atomic mass is 9.95. The van der Waals surface area contributed by atoms with E-state index in [1.165, 1.54) is 0 Å². The molecule has 21 heavy (non-hydrogen) atoms. The van der Waals surface area contributed by atoms with Gasteiger partial charge in [-0.25, -0.2) is 0 Å². The number of rotatable bonds is 6. The number of nitrogens with zero attached hydrogens (tertiary/aromatic N) is 1. The van der Waals surface area contributed by atoms with Gasteiger partial charge in [0.15, 0.2) is 0 Å². The molecular weight excluding hydrogens is 270 g/mol. The lowest BCUT2D eigenvalue weighted by Crippen LogP contribution is -2.40. The first-order valence-electron chi connectivity index (χ1n) is 7.32. The molecule has 0 aromatic heterocycles. The Labute approximate surface area is 124 Å². The average molecular weight is 291 g/mol. The molecule has 5 nitrogen and oxygen atoms in total. The summed E-state index contributed by atoms with van der Waals surface area (Å²) in [6.45, 7) is 1.62. The molecule has 1 fully saturated rings. The van der Waals surface area contributed by atoms with Crippen molar-refractivity contribution < 1.29 is 19.4 Å². The van der Waals surface area contributed by atoms with Crippen LogP contribution >= 0.6 is 0 Å². The van der Waals surface area contributed by atoms with Crippen LogP contribution in [0.15, 0.2) is 30.3 Å². The Morgan fingerprint density at radius 1 is 1.29 bits per heavy atom. The Balaban J connectivity index is 1.73. The zero-order valence-electron chi connectivity index (χ0n) is 12.0. The highest BCUT2D eigenvalue weighted by atomic mass is 16.5. The van der Waals surface area contributed by atoms with Crippen LogP contribution in [-0.4, -0.2) is 41.6 Å². The number of hydrogen-bond donors (Lipinski definition) is 1. The van der Waals surface area contributed by atoms with Crippen molar-refractivity contribution >= 4 is 11.9 Å². The zero-order valence-corrected chi connectivity index (χ0v) is 12.0. The topological polar surface area (TPSA) is 66.8 Å². The zero-order chi connectivity index (χ0) is 15.1. The minimum atomic E-state index is -0.790. The molecule has 1 heterocycles.